The summed E-state index contributed by atoms with van der Waals surface area (Å²) in [5.41, 5.74) is 8.74. The molecule has 2 aromatic carbocycles. The highest BCUT2D eigenvalue weighted by Gasteiger charge is 2.12. The van der Waals surface area contributed by atoms with Crippen molar-refractivity contribution in [3.63, 3.8) is 0 Å². The van der Waals surface area contributed by atoms with Gasteiger partial charge < -0.3 is 5.73 Å². The summed E-state index contributed by atoms with van der Waals surface area (Å²) < 4.78 is 27.9. The fraction of sp³-hybridized carbons (Fsp3) is 0.200. The summed E-state index contributed by atoms with van der Waals surface area (Å²) in [6.45, 7) is 2.30. The van der Waals surface area contributed by atoms with Gasteiger partial charge in [-0.05, 0) is 41.8 Å². The molecule has 2 rings (SSSR count). The fourth-order valence-corrected chi connectivity index (χ4v) is 3.85. The van der Waals surface area contributed by atoms with Crippen molar-refractivity contribution in [2.45, 2.75) is 19.2 Å². The van der Waals surface area contributed by atoms with Gasteiger partial charge in [-0.1, -0.05) is 40.2 Å². The first-order valence-electron chi connectivity index (χ1n) is 6.43. The topological polar surface area (TPSA) is 72.2 Å². The van der Waals surface area contributed by atoms with Crippen molar-refractivity contribution in [1.82, 2.24) is 0 Å². The van der Waals surface area contributed by atoms with Crippen LogP contribution in [0.1, 0.15) is 16.7 Å². The Morgan fingerprint density at radius 2 is 1.86 bits per heavy atom. The molecule has 0 saturated carbocycles. The van der Waals surface area contributed by atoms with Gasteiger partial charge in [0, 0.05) is 16.7 Å². The summed E-state index contributed by atoms with van der Waals surface area (Å²) in [6, 6.07) is 12.7. The Morgan fingerprint density at radius 1 is 1.14 bits per heavy atom. The molecule has 0 fully saturated rings. The lowest BCUT2D eigenvalue weighted by molar-refractivity contribution is 0.600. The third-order valence-electron chi connectivity index (χ3n) is 2.90. The molecule has 3 N–H and O–H groups in total. The summed E-state index contributed by atoms with van der Waals surface area (Å²) in [4.78, 5) is 0. The molecule has 6 heteroatoms. The summed E-state index contributed by atoms with van der Waals surface area (Å²) in [5.74, 6) is -0.0770. The van der Waals surface area contributed by atoms with Crippen LogP contribution >= 0.6 is 15.9 Å². The van der Waals surface area contributed by atoms with E-state index in [1.54, 1.807) is 18.2 Å². The molecule has 0 amide bonds. The van der Waals surface area contributed by atoms with Gasteiger partial charge in [0.05, 0.1) is 5.75 Å². The minimum Gasteiger partial charge on any atom is -0.326 e. The molecule has 0 aliphatic rings. The van der Waals surface area contributed by atoms with Gasteiger partial charge in [0.1, 0.15) is 0 Å². The van der Waals surface area contributed by atoms with Gasteiger partial charge in [0.2, 0.25) is 10.0 Å². The van der Waals surface area contributed by atoms with Crippen molar-refractivity contribution in [3.8, 4) is 0 Å². The third-order valence-corrected chi connectivity index (χ3v) is 4.62. The number of nitrogens with one attached hydrogen (secondary N) is 1. The molecule has 0 aliphatic carbocycles. The molecule has 112 valence electrons. The molecule has 0 aromatic heterocycles. The largest absolute Gasteiger partial charge is 0.326 e. The maximum atomic E-state index is 12.2. The zero-order valence-electron chi connectivity index (χ0n) is 11.6. The van der Waals surface area contributed by atoms with Crippen LogP contribution in [0.15, 0.2) is 46.9 Å². The summed E-state index contributed by atoms with van der Waals surface area (Å²) in [7, 11) is -3.46. The predicted octanol–water partition coefficient (Wildman–Crippen LogP) is 3.16. The Hall–Kier alpha value is -1.37. The molecule has 4 nitrogen and oxygen atoms in total. The van der Waals surface area contributed by atoms with E-state index in [4.69, 9.17) is 5.73 Å². The van der Waals surface area contributed by atoms with Gasteiger partial charge >= 0.3 is 0 Å². The summed E-state index contributed by atoms with van der Waals surface area (Å²) in [6.07, 6.45) is 0. The van der Waals surface area contributed by atoms with E-state index in [2.05, 4.69) is 20.7 Å². The number of benzene rings is 2. The Bertz CT molecular complexity index is 725. The van der Waals surface area contributed by atoms with Gasteiger partial charge in [-0.3, -0.25) is 4.72 Å². The quantitative estimate of drug-likeness (QED) is 0.851. The van der Waals surface area contributed by atoms with Crippen molar-refractivity contribution >= 4 is 31.6 Å². The zero-order chi connectivity index (χ0) is 15.5. The van der Waals surface area contributed by atoms with E-state index in [0.29, 0.717) is 12.2 Å². The number of anilines is 1. The molecule has 2 aromatic rings. The first-order chi connectivity index (χ1) is 9.88. The van der Waals surface area contributed by atoms with E-state index in [9.17, 15) is 8.42 Å². The molecule has 0 spiro atoms. The van der Waals surface area contributed by atoms with Crippen LogP contribution in [0, 0.1) is 6.92 Å². The van der Waals surface area contributed by atoms with Crippen LogP contribution in [0.4, 0.5) is 5.69 Å². The third kappa shape index (κ3) is 4.84. The van der Waals surface area contributed by atoms with E-state index in [1.807, 2.05) is 31.2 Å². The number of aryl methyl sites for hydroxylation is 1. The standard InChI is InChI=1S/C15H17BrN2O2S/c1-11-5-14(16)8-15(6-11)18-21(19,20)10-13-4-2-3-12(7-13)9-17/h2-8,18H,9-10,17H2,1H3. The Balaban J connectivity index is 2.18. The zero-order valence-corrected chi connectivity index (χ0v) is 14.0. The van der Waals surface area contributed by atoms with Gasteiger partial charge in [-0.25, -0.2) is 8.42 Å². The van der Waals surface area contributed by atoms with E-state index in [0.717, 1.165) is 21.2 Å². The monoisotopic (exact) mass is 368 g/mol. The van der Waals surface area contributed by atoms with E-state index < -0.39 is 10.0 Å². The molecule has 0 heterocycles. The van der Waals surface area contributed by atoms with Gasteiger partial charge in [-0.15, -0.1) is 0 Å². The van der Waals surface area contributed by atoms with Crippen molar-refractivity contribution in [2.24, 2.45) is 5.73 Å². The molecular weight excluding hydrogens is 352 g/mol. The lowest BCUT2D eigenvalue weighted by Crippen LogP contribution is -2.15. The number of hydrogen-bond acceptors (Lipinski definition) is 3. The van der Waals surface area contributed by atoms with Crippen LogP contribution in [0.25, 0.3) is 0 Å². The highest BCUT2D eigenvalue weighted by Crippen LogP contribution is 2.21. The predicted molar refractivity (Wildman–Crippen MR) is 89.5 cm³/mol. The average molecular weight is 369 g/mol. The highest BCUT2D eigenvalue weighted by molar-refractivity contribution is 9.10. The first kappa shape index (κ1) is 16.0. The Kier molecular flexibility index (Phi) is 5.03. The summed E-state index contributed by atoms with van der Waals surface area (Å²) >= 11 is 3.36. The van der Waals surface area contributed by atoms with Crippen molar-refractivity contribution < 1.29 is 8.42 Å². The maximum absolute atomic E-state index is 12.2. The second-order valence-corrected chi connectivity index (χ2v) is 7.54. The normalized spacial score (nSPS) is 11.4. The summed E-state index contributed by atoms with van der Waals surface area (Å²) in [5, 5.41) is 0. The SMILES string of the molecule is Cc1cc(Br)cc(NS(=O)(=O)Cc2cccc(CN)c2)c1. The van der Waals surface area contributed by atoms with E-state index in [-0.39, 0.29) is 5.75 Å². The number of hydrogen-bond donors (Lipinski definition) is 2. The van der Waals surface area contributed by atoms with E-state index in [1.165, 1.54) is 0 Å². The lowest BCUT2D eigenvalue weighted by Gasteiger charge is -2.10. The van der Waals surface area contributed by atoms with Gasteiger partial charge in [0.15, 0.2) is 0 Å². The van der Waals surface area contributed by atoms with Crippen molar-refractivity contribution in [2.75, 3.05) is 4.72 Å². The molecule has 21 heavy (non-hydrogen) atoms. The van der Waals surface area contributed by atoms with Crippen molar-refractivity contribution in [1.29, 1.82) is 0 Å². The Morgan fingerprint density at radius 3 is 2.52 bits per heavy atom. The molecule has 0 atom stereocenters. The number of halogens is 1. The van der Waals surface area contributed by atoms with Crippen LogP contribution in [-0.4, -0.2) is 8.42 Å². The minimum atomic E-state index is -3.46. The molecule has 0 saturated heterocycles. The molecular formula is C15H17BrN2O2S. The minimum absolute atomic E-state index is 0.0770. The molecule has 0 bridgehead atoms. The van der Waals surface area contributed by atoms with Crippen LogP contribution in [0.2, 0.25) is 0 Å². The highest BCUT2D eigenvalue weighted by atomic mass is 79.9. The molecule has 0 aliphatic heterocycles. The second-order valence-electron chi connectivity index (χ2n) is 4.90. The number of nitrogens with two attached hydrogens (primary N) is 1. The molecule has 0 radical (unpaired) electrons. The lowest BCUT2D eigenvalue weighted by atomic mass is 10.1. The first-order valence-corrected chi connectivity index (χ1v) is 8.88. The number of rotatable bonds is 5. The average Bonchev–Trinajstić information content (AvgIpc) is 2.36. The van der Waals surface area contributed by atoms with Crippen molar-refractivity contribution in [3.05, 3.63) is 63.6 Å². The molecule has 0 unspecified atom stereocenters. The Labute approximate surface area is 133 Å². The van der Waals surface area contributed by atoms with Crippen LogP contribution in [0.3, 0.4) is 0 Å². The smallest absolute Gasteiger partial charge is 0.236 e. The van der Waals surface area contributed by atoms with Gasteiger partial charge in [-0.2, -0.15) is 0 Å². The van der Waals surface area contributed by atoms with Gasteiger partial charge in [0.25, 0.3) is 0 Å². The van der Waals surface area contributed by atoms with Crippen LogP contribution in [-0.2, 0) is 22.3 Å². The van der Waals surface area contributed by atoms with Crippen LogP contribution in [0.5, 0.6) is 0 Å². The van der Waals surface area contributed by atoms with Crippen LogP contribution < -0.4 is 10.5 Å². The number of sulfonamides is 1. The second kappa shape index (κ2) is 6.60. The fourth-order valence-electron chi connectivity index (χ4n) is 2.08. The maximum Gasteiger partial charge on any atom is 0.236 e. The van der Waals surface area contributed by atoms with E-state index >= 15 is 0 Å².